The molecule has 0 radical (unpaired) electrons. The normalized spacial score (nSPS) is 13.6. The first kappa shape index (κ1) is 22.0. The number of para-hydroxylation sites is 1. The second kappa shape index (κ2) is 9.76. The zero-order valence-electron chi connectivity index (χ0n) is 16.3. The summed E-state index contributed by atoms with van der Waals surface area (Å²) in [5.74, 6) is -1.34. The van der Waals surface area contributed by atoms with Crippen LogP contribution in [0, 0.1) is 0 Å². The minimum atomic E-state index is -3.22. The summed E-state index contributed by atoms with van der Waals surface area (Å²) in [6.45, 7) is 4.00. The molecular weight excluding hydrogens is 384 g/mol. The van der Waals surface area contributed by atoms with Gasteiger partial charge in [-0.15, -0.1) is 0 Å². The van der Waals surface area contributed by atoms with Crippen LogP contribution in [0.5, 0.6) is 5.75 Å². The van der Waals surface area contributed by atoms with Gasteiger partial charge in [0.2, 0.25) is 5.95 Å². The molecule has 0 atom stereocenters. The molecular formula is C19H23F2N5O3. The molecule has 3 N–H and O–H groups in total. The highest BCUT2D eigenvalue weighted by atomic mass is 19.3. The molecule has 1 saturated carbocycles. The largest absolute Gasteiger partial charge is 0.496 e. The van der Waals surface area contributed by atoms with Crippen molar-refractivity contribution in [3.05, 3.63) is 47.8 Å². The maximum Gasteiger partial charge on any atom is 0.317 e. The number of nitrogens with one attached hydrogen (secondary N) is 3. The van der Waals surface area contributed by atoms with E-state index < -0.39 is 18.2 Å². The van der Waals surface area contributed by atoms with Gasteiger partial charge in [0.15, 0.2) is 0 Å². The molecule has 2 amide bonds. The Bertz CT molecular complexity index is 842. The number of halogens is 2. The number of anilines is 1. The molecule has 3 rings (SSSR count). The highest BCUT2D eigenvalue weighted by Crippen LogP contribution is 2.50. The molecule has 1 aromatic carbocycles. The van der Waals surface area contributed by atoms with Crippen molar-refractivity contribution in [2.75, 3.05) is 12.4 Å². The van der Waals surface area contributed by atoms with E-state index in [4.69, 9.17) is 4.74 Å². The summed E-state index contributed by atoms with van der Waals surface area (Å²) in [6, 6.07) is 7.64. The van der Waals surface area contributed by atoms with Crippen LogP contribution in [0.15, 0.2) is 36.7 Å². The first-order valence-corrected chi connectivity index (χ1v) is 9.07. The lowest BCUT2D eigenvalue weighted by molar-refractivity contribution is -0.132. The predicted octanol–water partition coefficient (Wildman–Crippen LogP) is 2.64. The number of aromatic nitrogens is 2. The molecule has 0 saturated heterocycles. The number of hydrogen-bond acceptors (Lipinski definition) is 6. The number of amides is 2. The predicted molar refractivity (Wildman–Crippen MR) is 103 cm³/mol. The van der Waals surface area contributed by atoms with Gasteiger partial charge in [-0.1, -0.05) is 32.0 Å². The lowest BCUT2D eigenvalue weighted by Crippen LogP contribution is -2.44. The molecule has 0 spiro atoms. The highest BCUT2D eigenvalue weighted by molar-refractivity contribution is 5.95. The van der Waals surface area contributed by atoms with E-state index in [0.29, 0.717) is 5.95 Å². The summed E-state index contributed by atoms with van der Waals surface area (Å²) in [7, 11) is 1.60. The average Bonchev–Trinajstić information content (AvgIpc) is 3.54. The van der Waals surface area contributed by atoms with E-state index in [-0.39, 0.29) is 11.1 Å². The number of alkyl halides is 2. The molecule has 8 nitrogen and oxygen atoms in total. The number of carbonyl (C=O) groups is 2. The van der Waals surface area contributed by atoms with Gasteiger partial charge in [-0.2, -0.15) is 8.78 Å². The van der Waals surface area contributed by atoms with Crippen molar-refractivity contribution in [2.45, 2.75) is 38.7 Å². The van der Waals surface area contributed by atoms with Crippen LogP contribution in [0.2, 0.25) is 0 Å². The van der Waals surface area contributed by atoms with Crippen molar-refractivity contribution in [1.82, 2.24) is 20.8 Å². The van der Waals surface area contributed by atoms with Gasteiger partial charge in [0.25, 0.3) is 5.91 Å². The first-order valence-electron chi connectivity index (χ1n) is 9.07. The Balaban J connectivity index is 0.00000145. The first-order chi connectivity index (χ1) is 13.9. The molecule has 1 heterocycles. The number of rotatable bonds is 6. The second-order valence-electron chi connectivity index (χ2n) is 5.95. The van der Waals surface area contributed by atoms with Gasteiger partial charge < -0.3 is 10.1 Å². The van der Waals surface area contributed by atoms with Gasteiger partial charge >= 0.3 is 12.3 Å². The van der Waals surface area contributed by atoms with Gasteiger partial charge in [0.1, 0.15) is 5.75 Å². The lowest BCUT2D eigenvalue weighted by atomic mass is 10.0. The zero-order valence-corrected chi connectivity index (χ0v) is 16.3. The molecule has 0 aliphatic heterocycles. The quantitative estimate of drug-likeness (QED) is 0.636. The summed E-state index contributed by atoms with van der Waals surface area (Å²) in [4.78, 5) is 30.7. The van der Waals surface area contributed by atoms with Gasteiger partial charge in [-0.25, -0.2) is 9.97 Å². The Morgan fingerprint density at radius 2 is 1.72 bits per heavy atom. The van der Waals surface area contributed by atoms with E-state index in [1.165, 1.54) is 12.4 Å². The van der Waals surface area contributed by atoms with Crippen molar-refractivity contribution in [3.8, 4) is 5.75 Å². The Hall–Kier alpha value is -3.30. The molecule has 156 valence electrons. The SMILES string of the molecule is CC.COc1ccccc1C1(Nc2ncc(C(=O)NNC(=O)C(F)F)cn2)CC1. The number of carbonyl (C=O) groups excluding carboxylic acids is 2. The second-order valence-corrected chi connectivity index (χ2v) is 5.95. The molecule has 0 bridgehead atoms. The molecule has 10 heteroatoms. The minimum absolute atomic E-state index is 0.0113. The van der Waals surface area contributed by atoms with Crippen LogP contribution < -0.4 is 20.9 Å². The average molecular weight is 407 g/mol. The van der Waals surface area contributed by atoms with E-state index in [1.807, 2.05) is 43.5 Å². The van der Waals surface area contributed by atoms with Crippen molar-refractivity contribution in [3.63, 3.8) is 0 Å². The Kier molecular flexibility index (Phi) is 7.40. The lowest BCUT2D eigenvalue weighted by Gasteiger charge is -2.20. The number of methoxy groups -OCH3 is 1. The number of hydrogen-bond donors (Lipinski definition) is 3. The van der Waals surface area contributed by atoms with Crippen LogP contribution in [-0.2, 0) is 10.3 Å². The number of ether oxygens (including phenoxy) is 1. The Labute approximate surface area is 167 Å². The smallest absolute Gasteiger partial charge is 0.317 e. The zero-order chi connectivity index (χ0) is 21.4. The van der Waals surface area contributed by atoms with Gasteiger partial charge in [-0.3, -0.25) is 20.4 Å². The van der Waals surface area contributed by atoms with E-state index >= 15 is 0 Å². The Morgan fingerprint density at radius 3 is 2.28 bits per heavy atom. The van der Waals surface area contributed by atoms with E-state index in [1.54, 1.807) is 12.5 Å². The summed E-state index contributed by atoms with van der Waals surface area (Å²) >= 11 is 0. The van der Waals surface area contributed by atoms with Crippen molar-refractivity contribution in [2.24, 2.45) is 0 Å². The van der Waals surface area contributed by atoms with Crippen molar-refractivity contribution >= 4 is 17.8 Å². The third-order valence-corrected chi connectivity index (χ3v) is 4.14. The molecule has 1 aliphatic rings. The van der Waals surface area contributed by atoms with Crippen LogP contribution in [0.25, 0.3) is 0 Å². The van der Waals surface area contributed by atoms with Crippen molar-refractivity contribution < 1.29 is 23.1 Å². The number of hydrazine groups is 1. The maximum absolute atomic E-state index is 12.1. The monoisotopic (exact) mass is 407 g/mol. The fraction of sp³-hybridized carbons (Fsp3) is 0.368. The van der Waals surface area contributed by atoms with E-state index in [0.717, 1.165) is 24.2 Å². The van der Waals surface area contributed by atoms with Gasteiger partial charge in [0.05, 0.1) is 18.2 Å². The molecule has 0 unspecified atom stereocenters. The summed E-state index contributed by atoms with van der Waals surface area (Å²) in [5.41, 5.74) is 4.14. The molecule has 1 aromatic heterocycles. The highest BCUT2D eigenvalue weighted by Gasteiger charge is 2.46. The van der Waals surface area contributed by atoms with Crippen LogP contribution in [0.1, 0.15) is 42.6 Å². The van der Waals surface area contributed by atoms with Gasteiger partial charge in [0, 0.05) is 18.0 Å². The summed E-state index contributed by atoms with van der Waals surface area (Å²) in [6.07, 6.45) is 0.990. The fourth-order valence-corrected chi connectivity index (χ4v) is 2.60. The fourth-order valence-electron chi connectivity index (χ4n) is 2.60. The molecule has 1 aliphatic carbocycles. The summed E-state index contributed by atoms with van der Waals surface area (Å²) in [5, 5.41) is 3.25. The topological polar surface area (TPSA) is 105 Å². The molecule has 29 heavy (non-hydrogen) atoms. The van der Waals surface area contributed by atoms with E-state index in [9.17, 15) is 18.4 Å². The Morgan fingerprint density at radius 1 is 1.10 bits per heavy atom. The minimum Gasteiger partial charge on any atom is -0.496 e. The van der Waals surface area contributed by atoms with E-state index in [2.05, 4.69) is 15.3 Å². The number of benzene rings is 1. The summed E-state index contributed by atoms with van der Waals surface area (Å²) < 4.78 is 29.6. The number of nitrogens with zero attached hydrogens (tertiary/aromatic N) is 2. The van der Waals surface area contributed by atoms with Crippen molar-refractivity contribution in [1.29, 1.82) is 0 Å². The maximum atomic E-state index is 12.1. The third kappa shape index (κ3) is 5.37. The van der Waals surface area contributed by atoms with Crippen LogP contribution in [-0.4, -0.2) is 35.3 Å². The molecule has 1 fully saturated rings. The molecule has 2 aromatic rings. The third-order valence-electron chi connectivity index (χ3n) is 4.14. The van der Waals surface area contributed by atoms with Crippen LogP contribution in [0.3, 0.4) is 0 Å². The van der Waals surface area contributed by atoms with Gasteiger partial charge in [-0.05, 0) is 18.9 Å². The van der Waals surface area contributed by atoms with Crippen LogP contribution in [0.4, 0.5) is 14.7 Å². The standard InChI is InChI=1S/C17H17F2N5O3.C2H6/c1-27-12-5-3-2-4-11(12)17(6-7-17)22-16-20-8-10(9-21-16)14(25)23-24-15(26)13(18)19;1-2/h2-5,8-9,13H,6-7H2,1H3,(H,23,25)(H,24,26)(H,20,21,22);1-2H3. The van der Waals surface area contributed by atoms with Crippen LogP contribution >= 0.6 is 0 Å².